The lowest BCUT2D eigenvalue weighted by Gasteiger charge is -2.10. The molecule has 6 nitrogen and oxygen atoms in total. The minimum absolute atomic E-state index is 0.0917. The van der Waals surface area contributed by atoms with E-state index in [4.69, 9.17) is 0 Å². The summed E-state index contributed by atoms with van der Waals surface area (Å²) in [4.78, 5) is 23.7. The molecule has 1 amide bonds. The lowest BCUT2D eigenvalue weighted by molar-refractivity contribution is 0.101. The van der Waals surface area contributed by atoms with Gasteiger partial charge < -0.3 is 14.8 Å². The Morgan fingerprint density at radius 1 is 1.10 bits per heavy atom. The van der Waals surface area contributed by atoms with E-state index in [1.807, 2.05) is 61.9 Å². The Morgan fingerprint density at radius 3 is 2.45 bits per heavy atom. The number of carbonyl (C=O) groups is 1. The highest BCUT2D eigenvalue weighted by molar-refractivity contribution is 6.04. The molecule has 0 spiro atoms. The van der Waals surface area contributed by atoms with Crippen molar-refractivity contribution in [3.63, 3.8) is 0 Å². The van der Waals surface area contributed by atoms with Gasteiger partial charge in [0.25, 0.3) is 5.91 Å². The maximum Gasteiger partial charge on any atom is 0.272 e. The smallest absolute Gasteiger partial charge is 0.272 e. The molecular weight excluding hydrogens is 362 g/mol. The quantitative estimate of drug-likeness (QED) is 0.683. The van der Waals surface area contributed by atoms with Gasteiger partial charge in [0.2, 0.25) is 5.95 Å². The normalized spacial score (nSPS) is 13.4. The maximum absolute atomic E-state index is 13.1. The summed E-state index contributed by atoms with van der Waals surface area (Å²) < 4.78 is 2.07. The van der Waals surface area contributed by atoms with Crippen LogP contribution in [0.25, 0.3) is 11.1 Å². The van der Waals surface area contributed by atoms with Crippen LogP contribution in [0, 0.1) is 19.8 Å². The Hall–Kier alpha value is -3.15. The van der Waals surface area contributed by atoms with Crippen LogP contribution in [0.4, 0.5) is 11.6 Å². The second-order valence-corrected chi connectivity index (χ2v) is 8.13. The molecule has 0 bridgehead atoms. The number of benzene rings is 1. The van der Waals surface area contributed by atoms with Crippen molar-refractivity contribution >= 4 is 17.5 Å². The summed E-state index contributed by atoms with van der Waals surface area (Å²) in [5.41, 5.74) is 5.73. The zero-order chi connectivity index (χ0) is 20.5. The summed E-state index contributed by atoms with van der Waals surface area (Å²) >= 11 is 0. The van der Waals surface area contributed by atoms with Crippen LogP contribution in [0.1, 0.15) is 34.5 Å². The molecule has 4 rings (SSSR count). The van der Waals surface area contributed by atoms with E-state index in [0.29, 0.717) is 17.6 Å². The van der Waals surface area contributed by atoms with E-state index in [2.05, 4.69) is 33.7 Å². The first-order valence-electron chi connectivity index (χ1n) is 9.99. The van der Waals surface area contributed by atoms with Crippen LogP contribution in [0.5, 0.6) is 0 Å². The summed E-state index contributed by atoms with van der Waals surface area (Å²) in [6.07, 6.45) is 8.12. The van der Waals surface area contributed by atoms with E-state index in [-0.39, 0.29) is 5.91 Å². The van der Waals surface area contributed by atoms with E-state index in [9.17, 15) is 4.79 Å². The number of aromatic nitrogens is 3. The predicted molar refractivity (Wildman–Crippen MR) is 116 cm³/mol. The summed E-state index contributed by atoms with van der Waals surface area (Å²) in [7, 11) is 3.83. The first kappa shape index (κ1) is 19.2. The number of hydrogen-bond donors (Lipinski definition) is 1. The number of carbonyl (C=O) groups excluding carboxylic acids is 1. The number of nitrogens with one attached hydrogen (secondary N) is 1. The lowest BCUT2D eigenvalue weighted by Crippen LogP contribution is -2.17. The molecule has 150 valence electrons. The van der Waals surface area contributed by atoms with Crippen LogP contribution >= 0.6 is 0 Å². The van der Waals surface area contributed by atoms with Crippen LogP contribution in [0.15, 0.2) is 42.9 Å². The molecule has 1 N–H and O–H groups in total. The number of nitrogens with zero attached hydrogens (tertiary/aromatic N) is 4. The third kappa shape index (κ3) is 4.31. The third-order valence-corrected chi connectivity index (χ3v) is 5.42. The van der Waals surface area contributed by atoms with Crippen molar-refractivity contribution in [3.8, 4) is 11.1 Å². The minimum atomic E-state index is -0.0917. The molecule has 2 aromatic heterocycles. The molecule has 3 aromatic rings. The highest BCUT2D eigenvalue weighted by Crippen LogP contribution is 2.32. The fraction of sp³-hybridized carbons (Fsp3) is 0.348. The maximum atomic E-state index is 13.1. The van der Waals surface area contributed by atoms with Crippen molar-refractivity contribution in [1.82, 2.24) is 14.5 Å². The average molecular weight is 390 g/mol. The number of hydrogen-bond acceptors (Lipinski definition) is 4. The van der Waals surface area contributed by atoms with Gasteiger partial charge in [-0.25, -0.2) is 9.97 Å². The van der Waals surface area contributed by atoms with Crippen LogP contribution < -0.4 is 10.2 Å². The fourth-order valence-corrected chi connectivity index (χ4v) is 3.30. The molecule has 1 aliphatic carbocycles. The first-order chi connectivity index (χ1) is 13.9. The average Bonchev–Trinajstić information content (AvgIpc) is 3.41. The second kappa shape index (κ2) is 7.70. The van der Waals surface area contributed by atoms with Gasteiger partial charge in [-0.05, 0) is 61.9 Å². The minimum Gasteiger partial charge on any atom is -0.347 e. The highest BCUT2D eigenvalue weighted by Gasteiger charge is 2.25. The molecule has 2 heterocycles. The van der Waals surface area contributed by atoms with Crippen LogP contribution in [0.3, 0.4) is 0 Å². The second-order valence-electron chi connectivity index (χ2n) is 8.13. The Balaban J connectivity index is 1.62. The van der Waals surface area contributed by atoms with Crippen LogP contribution in [-0.4, -0.2) is 34.5 Å². The molecule has 29 heavy (non-hydrogen) atoms. The topological polar surface area (TPSA) is 63.1 Å². The van der Waals surface area contributed by atoms with E-state index < -0.39 is 0 Å². The van der Waals surface area contributed by atoms with Gasteiger partial charge in [-0.3, -0.25) is 4.79 Å². The fourth-order valence-electron chi connectivity index (χ4n) is 3.30. The van der Waals surface area contributed by atoms with Crippen molar-refractivity contribution in [3.05, 3.63) is 59.7 Å². The van der Waals surface area contributed by atoms with Gasteiger partial charge in [0, 0.05) is 56.0 Å². The first-order valence-corrected chi connectivity index (χ1v) is 9.99. The number of aryl methyl sites for hydroxylation is 2. The van der Waals surface area contributed by atoms with E-state index >= 15 is 0 Å². The molecule has 0 unspecified atom stereocenters. The molecule has 0 saturated heterocycles. The summed E-state index contributed by atoms with van der Waals surface area (Å²) in [6.45, 7) is 4.99. The standard InChI is InChI=1S/C23H27N5O/c1-15-5-8-20(9-16(15)2)26-22(29)21-10-18(14-28(21)13-17-6-7-17)19-11-24-23(25-12-19)27(3)4/h5,8-12,14,17H,6-7,13H2,1-4H3,(H,26,29). The van der Waals surface area contributed by atoms with Crippen molar-refractivity contribution in [2.24, 2.45) is 5.92 Å². The lowest BCUT2D eigenvalue weighted by atomic mass is 10.1. The summed E-state index contributed by atoms with van der Waals surface area (Å²) in [5.74, 6) is 1.24. The summed E-state index contributed by atoms with van der Waals surface area (Å²) in [6, 6.07) is 7.93. The molecule has 0 radical (unpaired) electrons. The zero-order valence-electron chi connectivity index (χ0n) is 17.4. The largest absolute Gasteiger partial charge is 0.347 e. The molecular formula is C23H27N5O. The van der Waals surface area contributed by atoms with Gasteiger partial charge in [0.1, 0.15) is 5.69 Å². The van der Waals surface area contributed by atoms with E-state index in [1.54, 1.807) is 0 Å². The zero-order valence-corrected chi connectivity index (χ0v) is 17.4. The Labute approximate surface area is 171 Å². The molecule has 0 aliphatic heterocycles. The van der Waals surface area contributed by atoms with Gasteiger partial charge in [-0.1, -0.05) is 6.07 Å². The van der Waals surface area contributed by atoms with E-state index in [1.165, 1.54) is 18.4 Å². The molecule has 1 aliphatic rings. The van der Waals surface area contributed by atoms with Crippen molar-refractivity contribution < 1.29 is 4.79 Å². The predicted octanol–water partition coefficient (Wildman–Crippen LogP) is 4.29. The third-order valence-electron chi connectivity index (χ3n) is 5.42. The van der Waals surface area contributed by atoms with Crippen molar-refractivity contribution in [2.75, 3.05) is 24.3 Å². The Bertz CT molecular complexity index is 1030. The van der Waals surface area contributed by atoms with Crippen molar-refractivity contribution in [2.45, 2.75) is 33.2 Å². The molecule has 1 fully saturated rings. The van der Waals surface area contributed by atoms with E-state index in [0.717, 1.165) is 28.9 Å². The molecule has 1 saturated carbocycles. The molecule has 0 atom stereocenters. The van der Waals surface area contributed by atoms with Crippen LogP contribution in [0.2, 0.25) is 0 Å². The molecule has 6 heteroatoms. The summed E-state index contributed by atoms with van der Waals surface area (Å²) in [5, 5.41) is 3.05. The van der Waals surface area contributed by atoms with Gasteiger partial charge in [-0.2, -0.15) is 0 Å². The molecule has 1 aromatic carbocycles. The van der Waals surface area contributed by atoms with Gasteiger partial charge in [0.15, 0.2) is 0 Å². The Kier molecular flexibility index (Phi) is 5.09. The van der Waals surface area contributed by atoms with Crippen LogP contribution in [-0.2, 0) is 6.54 Å². The number of anilines is 2. The number of amides is 1. The van der Waals surface area contributed by atoms with Gasteiger partial charge in [-0.15, -0.1) is 0 Å². The SMILES string of the molecule is Cc1ccc(NC(=O)c2cc(-c3cnc(N(C)C)nc3)cn2CC2CC2)cc1C. The monoisotopic (exact) mass is 389 g/mol. The van der Waals surface area contributed by atoms with Gasteiger partial charge >= 0.3 is 0 Å². The van der Waals surface area contributed by atoms with Crippen molar-refractivity contribution in [1.29, 1.82) is 0 Å². The Morgan fingerprint density at radius 2 is 1.83 bits per heavy atom. The highest BCUT2D eigenvalue weighted by atomic mass is 16.1. The number of rotatable bonds is 6. The van der Waals surface area contributed by atoms with Gasteiger partial charge in [0.05, 0.1) is 0 Å².